The van der Waals surface area contributed by atoms with Crippen LogP contribution in [0.2, 0.25) is 0 Å². The molecule has 0 saturated heterocycles. The number of ketones is 1. The lowest BCUT2D eigenvalue weighted by molar-refractivity contribution is -0.116. The van der Waals surface area contributed by atoms with E-state index < -0.39 is 0 Å². The number of aryl methyl sites for hydroxylation is 1. The molecular weight excluding hydrogens is 250 g/mol. The smallest absolute Gasteiger partial charge is 0.130 e. The van der Waals surface area contributed by atoms with Gasteiger partial charge in [0.15, 0.2) is 0 Å². The van der Waals surface area contributed by atoms with E-state index >= 15 is 0 Å². The van der Waals surface area contributed by atoms with Gasteiger partial charge in [0.05, 0.1) is 11.6 Å². The minimum Gasteiger partial charge on any atom is -0.457 e. The molecule has 20 heavy (non-hydrogen) atoms. The predicted octanol–water partition coefficient (Wildman–Crippen LogP) is 3.87. The first-order valence-electron chi connectivity index (χ1n) is 6.44. The Kier molecular flexibility index (Phi) is 4.52. The minimum absolute atomic E-state index is 0.197. The van der Waals surface area contributed by atoms with Gasteiger partial charge in [-0.2, -0.15) is 5.26 Å². The van der Waals surface area contributed by atoms with Crippen LogP contribution in [0.15, 0.2) is 48.5 Å². The number of hydrogen-bond donors (Lipinski definition) is 0. The van der Waals surface area contributed by atoms with Gasteiger partial charge in [-0.3, -0.25) is 0 Å². The first kappa shape index (κ1) is 13.8. The van der Waals surface area contributed by atoms with Gasteiger partial charge >= 0.3 is 0 Å². The van der Waals surface area contributed by atoms with E-state index in [2.05, 4.69) is 6.07 Å². The van der Waals surface area contributed by atoms with Crippen molar-refractivity contribution in [1.82, 2.24) is 0 Å². The Hall–Kier alpha value is -2.60. The molecule has 0 spiro atoms. The monoisotopic (exact) mass is 265 g/mol. The largest absolute Gasteiger partial charge is 0.457 e. The van der Waals surface area contributed by atoms with Crippen molar-refractivity contribution >= 4 is 5.78 Å². The first-order valence-corrected chi connectivity index (χ1v) is 6.44. The Labute approximate surface area is 118 Å². The van der Waals surface area contributed by atoms with Gasteiger partial charge in [-0.15, -0.1) is 0 Å². The molecule has 0 amide bonds. The molecule has 0 fully saturated rings. The van der Waals surface area contributed by atoms with Gasteiger partial charge in [0.1, 0.15) is 17.3 Å². The molecule has 2 aromatic carbocycles. The maximum Gasteiger partial charge on any atom is 0.130 e. The molecule has 0 bridgehead atoms. The van der Waals surface area contributed by atoms with Crippen molar-refractivity contribution in [3.8, 4) is 17.6 Å². The Morgan fingerprint density at radius 1 is 1.05 bits per heavy atom. The van der Waals surface area contributed by atoms with Crippen LogP contribution in [-0.4, -0.2) is 5.78 Å². The maximum atomic E-state index is 10.9. The molecule has 0 aliphatic carbocycles. The second kappa shape index (κ2) is 6.53. The molecule has 0 saturated carbocycles. The summed E-state index contributed by atoms with van der Waals surface area (Å²) in [6, 6.07) is 16.7. The number of nitriles is 1. The summed E-state index contributed by atoms with van der Waals surface area (Å²) >= 11 is 0. The minimum atomic E-state index is 0.197. The Bertz CT molecular complexity index is 622. The number of ether oxygens (including phenoxy) is 1. The summed E-state index contributed by atoms with van der Waals surface area (Å²) in [6.07, 6.45) is 1.32. The molecule has 0 atom stereocenters. The molecule has 3 nitrogen and oxygen atoms in total. The highest BCUT2D eigenvalue weighted by atomic mass is 16.5. The van der Waals surface area contributed by atoms with Crippen LogP contribution in [0.4, 0.5) is 0 Å². The van der Waals surface area contributed by atoms with E-state index in [9.17, 15) is 4.79 Å². The maximum absolute atomic E-state index is 10.9. The van der Waals surface area contributed by atoms with E-state index in [1.165, 1.54) is 0 Å². The Morgan fingerprint density at radius 3 is 2.10 bits per heavy atom. The normalized spacial score (nSPS) is 9.80. The molecule has 0 N–H and O–H groups in total. The number of benzene rings is 2. The van der Waals surface area contributed by atoms with Crippen LogP contribution in [0, 0.1) is 11.3 Å². The van der Waals surface area contributed by atoms with Gasteiger partial charge in [-0.25, -0.2) is 0 Å². The molecule has 0 radical (unpaired) electrons. The van der Waals surface area contributed by atoms with E-state index in [1.54, 1.807) is 31.2 Å². The lowest BCUT2D eigenvalue weighted by Gasteiger charge is -2.06. The molecule has 2 rings (SSSR count). The highest BCUT2D eigenvalue weighted by Gasteiger charge is 2.00. The van der Waals surface area contributed by atoms with E-state index in [0.29, 0.717) is 17.7 Å². The standard InChI is InChI=1S/C17H15NO2/c1-13(19)2-3-14-4-8-16(9-5-14)20-17-10-6-15(12-18)7-11-17/h4-11H,2-3H2,1H3. The zero-order valence-electron chi connectivity index (χ0n) is 11.3. The van der Waals surface area contributed by atoms with Crippen molar-refractivity contribution in [3.05, 3.63) is 59.7 Å². The van der Waals surface area contributed by atoms with Crippen molar-refractivity contribution in [2.45, 2.75) is 19.8 Å². The second-order valence-corrected chi connectivity index (χ2v) is 4.58. The number of hydrogen-bond acceptors (Lipinski definition) is 3. The van der Waals surface area contributed by atoms with E-state index in [1.807, 2.05) is 24.3 Å². The summed E-state index contributed by atoms with van der Waals surface area (Å²) in [5.41, 5.74) is 1.73. The third kappa shape index (κ3) is 3.96. The van der Waals surface area contributed by atoms with Gasteiger partial charge < -0.3 is 9.53 Å². The highest BCUT2D eigenvalue weighted by molar-refractivity contribution is 5.75. The highest BCUT2D eigenvalue weighted by Crippen LogP contribution is 2.22. The van der Waals surface area contributed by atoms with Crippen LogP contribution < -0.4 is 4.74 Å². The average Bonchev–Trinajstić information content (AvgIpc) is 2.47. The van der Waals surface area contributed by atoms with Crippen LogP contribution in [0.25, 0.3) is 0 Å². The molecule has 0 aliphatic rings. The van der Waals surface area contributed by atoms with Crippen molar-refractivity contribution < 1.29 is 9.53 Å². The molecule has 0 heterocycles. The molecule has 0 aromatic heterocycles. The summed E-state index contributed by atoms with van der Waals surface area (Å²) in [6.45, 7) is 1.60. The summed E-state index contributed by atoms with van der Waals surface area (Å²) in [5.74, 6) is 1.63. The van der Waals surface area contributed by atoms with Crippen LogP contribution in [0.1, 0.15) is 24.5 Å². The van der Waals surface area contributed by atoms with Crippen LogP contribution >= 0.6 is 0 Å². The quantitative estimate of drug-likeness (QED) is 0.824. The van der Waals surface area contributed by atoms with Gasteiger partial charge in [0, 0.05) is 6.42 Å². The van der Waals surface area contributed by atoms with E-state index in [4.69, 9.17) is 10.00 Å². The number of Topliss-reactive ketones (excluding diaryl/α,β-unsaturated/α-hetero) is 1. The topological polar surface area (TPSA) is 50.1 Å². The molecule has 0 aliphatic heterocycles. The fourth-order valence-corrected chi connectivity index (χ4v) is 1.78. The second-order valence-electron chi connectivity index (χ2n) is 4.58. The molecule has 3 heteroatoms. The van der Waals surface area contributed by atoms with Crippen LogP contribution in [0.5, 0.6) is 11.5 Å². The lowest BCUT2D eigenvalue weighted by Crippen LogP contribution is -1.93. The number of carbonyl (C=O) groups excluding carboxylic acids is 1. The van der Waals surface area contributed by atoms with Crippen molar-refractivity contribution in [2.24, 2.45) is 0 Å². The Balaban J connectivity index is 1.99. The van der Waals surface area contributed by atoms with Crippen LogP contribution in [0.3, 0.4) is 0 Å². The number of carbonyl (C=O) groups is 1. The summed E-state index contributed by atoms with van der Waals surface area (Å²) in [7, 11) is 0. The molecule has 2 aromatic rings. The number of nitrogens with zero attached hydrogens (tertiary/aromatic N) is 1. The van der Waals surface area contributed by atoms with Crippen molar-refractivity contribution in [2.75, 3.05) is 0 Å². The van der Waals surface area contributed by atoms with Gasteiger partial charge in [0.25, 0.3) is 0 Å². The zero-order valence-corrected chi connectivity index (χ0v) is 11.3. The van der Waals surface area contributed by atoms with Gasteiger partial charge in [-0.05, 0) is 55.3 Å². The lowest BCUT2D eigenvalue weighted by atomic mass is 10.1. The number of rotatable bonds is 5. The van der Waals surface area contributed by atoms with Crippen molar-refractivity contribution in [1.29, 1.82) is 5.26 Å². The predicted molar refractivity (Wildman–Crippen MR) is 76.7 cm³/mol. The molecular formula is C17H15NO2. The average molecular weight is 265 g/mol. The fraction of sp³-hybridized carbons (Fsp3) is 0.176. The SMILES string of the molecule is CC(=O)CCc1ccc(Oc2ccc(C#N)cc2)cc1. The third-order valence-electron chi connectivity index (χ3n) is 2.91. The van der Waals surface area contributed by atoms with Crippen molar-refractivity contribution in [3.63, 3.8) is 0 Å². The zero-order chi connectivity index (χ0) is 14.4. The van der Waals surface area contributed by atoms with E-state index in [-0.39, 0.29) is 5.78 Å². The summed E-state index contributed by atoms with van der Waals surface area (Å²) < 4.78 is 5.68. The molecule has 100 valence electrons. The van der Waals surface area contributed by atoms with Crippen LogP contribution in [-0.2, 0) is 11.2 Å². The van der Waals surface area contributed by atoms with Gasteiger partial charge in [0.2, 0.25) is 0 Å². The summed E-state index contributed by atoms with van der Waals surface area (Å²) in [5, 5.41) is 8.72. The van der Waals surface area contributed by atoms with Gasteiger partial charge in [-0.1, -0.05) is 12.1 Å². The Morgan fingerprint density at radius 2 is 1.60 bits per heavy atom. The van der Waals surface area contributed by atoms with E-state index in [0.717, 1.165) is 17.7 Å². The first-order chi connectivity index (χ1) is 9.67. The third-order valence-corrected chi connectivity index (χ3v) is 2.91. The molecule has 0 unspecified atom stereocenters. The summed E-state index contributed by atoms with van der Waals surface area (Å²) in [4.78, 5) is 10.9. The fourth-order valence-electron chi connectivity index (χ4n) is 1.78.